The fraction of sp³-hybridized carbons (Fsp3) is 0.611. The van der Waals surface area contributed by atoms with Gasteiger partial charge in [-0.3, -0.25) is 9.98 Å². The molecule has 39 heavy (non-hydrogen) atoms. The van der Waals surface area contributed by atoms with Crippen LogP contribution in [0, 0.1) is 0 Å². The van der Waals surface area contributed by atoms with E-state index in [1.54, 1.807) is 0 Å². The summed E-state index contributed by atoms with van der Waals surface area (Å²) in [4.78, 5) is 10.5. The van der Waals surface area contributed by atoms with Crippen LogP contribution in [0.2, 0.25) is 0 Å². The topological polar surface area (TPSA) is 24.7 Å². The molecule has 0 N–H and O–H groups in total. The molecular formula is C36H56N2Ni. The molecule has 0 spiro atoms. The number of aliphatic imine (C=N–C) groups is 2. The van der Waals surface area contributed by atoms with E-state index < -0.39 is 0 Å². The molecule has 2 nitrogen and oxygen atoms in total. The van der Waals surface area contributed by atoms with Crippen molar-refractivity contribution in [2.24, 2.45) is 9.98 Å². The van der Waals surface area contributed by atoms with Gasteiger partial charge in [-0.15, -0.1) is 0 Å². The maximum Gasteiger partial charge on any atom is 0.0636 e. The Labute approximate surface area is 251 Å². The van der Waals surface area contributed by atoms with Gasteiger partial charge in [-0.25, -0.2) is 0 Å². The maximum atomic E-state index is 5.25. The summed E-state index contributed by atoms with van der Waals surface area (Å²) >= 11 is 0. The van der Waals surface area contributed by atoms with E-state index >= 15 is 0 Å². The van der Waals surface area contributed by atoms with Crippen LogP contribution in [0.1, 0.15) is 142 Å². The van der Waals surface area contributed by atoms with Gasteiger partial charge in [0.25, 0.3) is 0 Å². The van der Waals surface area contributed by atoms with E-state index in [0.717, 1.165) is 49.9 Å². The third-order valence-corrected chi connectivity index (χ3v) is 7.35. The Bertz CT molecular complexity index is 869. The van der Waals surface area contributed by atoms with Crippen LogP contribution >= 0.6 is 0 Å². The minimum Gasteiger partial charge on any atom is -0.252 e. The molecule has 2 aromatic carbocycles. The molecule has 0 saturated heterocycles. The van der Waals surface area contributed by atoms with Crippen molar-refractivity contribution in [3.63, 3.8) is 0 Å². The van der Waals surface area contributed by atoms with Crippen LogP contribution in [-0.4, -0.2) is 11.4 Å². The standard InChI is InChI=1S/C36H56N2.Ni/c1-5-9-13-15-17-21-31-23-19-25-33(29-31)37-35(27-11-7-3)36(28-12-8-4)38-34-26-20-24-32(30-34)22-18-16-14-10-6-2;/h19-20,23-26,29-30H,5-18,21-22,27-28H2,1-4H3;. The van der Waals surface area contributed by atoms with E-state index in [1.165, 1.54) is 99.6 Å². The van der Waals surface area contributed by atoms with Crippen molar-refractivity contribution in [1.82, 2.24) is 0 Å². The molecule has 0 fully saturated rings. The molecule has 0 aliphatic carbocycles. The van der Waals surface area contributed by atoms with Crippen LogP contribution in [0.15, 0.2) is 58.5 Å². The first kappa shape index (κ1) is 35.3. The largest absolute Gasteiger partial charge is 0.252 e. The molecule has 3 heteroatoms. The number of unbranched alkanes of at least 4 members (excludes halogenated alkanes) is 10. The van der Waals surface area contributed by atoms with Gasteiger partial charge in [-0.2, -0.15) is 0 Å². The molecule has 0 aromatic heterocycles. The third-order valence-electron chi connectivity index (χ3n) is 7.35. The summed E-state index contributed by atoms with van der Waals surface area (Å²) in [6.07, 6.45) is 22.2. The van der Waals surface area contributed by atoms with Gasteiger partial charge < -0.3 is 0 Å². The van der Waals surface area contributed by atoms with E-state index in [1.807, 2.05) is 0 Å². The fourth-order valence-corrected chi connectivity index (χ4v) is 4.96. The van der Waals surface area contributed by atoms with Crippen LogP contribution in [0.4, 0.5) is 11.4 Å². The SMILES string of the molecule is CCCCCCCc1cccc(N=C(CCCC)C(CCCC)=Nc2cccc(CCCCCCC)c2)c1.[Ni]. The van der Waals surface area contributed by atoms with E-state index in [2.05, 4.69) is 76.2 Å². The number of nitrogens with zero attached hydrogens (tertiary/aromatic N) is 2. The summed E-state index contributed by atoms with van der Waals surface area (Å²) in [5.41, 5.74) is 7.38. The Hall–Kier alpha value is -1.73. The number of hydrogen-bond donors (Lipinski definition) is 0. The Morgan fingerprint density at radius 1 is 0.487 bits per heavy atom. The normalized spacial score (nSPS) is 12.0. The Balaban J connectivity index is 0.00000760. The van der Waals surface area contributed by atoms with Gasteiger partial charge in [0, 0.05) is 16.5 Å². The molecule has 0 aliphatic heterocycles. The quantitative estimate of drug-likeness (QED) is 0.0804. The summed E-state index contributed by atoms with van der Waals surface area (Å²) < 4.78 is 0. The molecular weight excluding hydrogens is 519 g/mol. The van der Waals surface area contributed by atoms with Crippen LogP contribution in [0.3, 0.4) is 0 Å². The van der Waals surface area contributed by atoms with Crippen molar-refractivity contribution in [3.8, 4) is 0 Å². The molecule has 0 unspecified atom stereocenters. The van der Waals surface area contributed by atoms with Gasteiger partial charge in [0.05, 0.1) is 22.8 Å². The Morgan fingerprint density at radius 2 is 0.872 bits per heavy atom. The van der Waals surface area contributed by atoms with Gasteiger partial charge in [-0.05, 0) is 86.8 Å². The molecule has 0 heterocycles. The van der Waals surface area contributed by atoms with Crippen molar-refractivity contribution in [2.45, 2.75) is 143 Å². The average Bonchev–Trinajstić information content (AvgIpc) is 2.93. The predicted octanol–water partition coefficient (Wildman–Crippen LogP) is 11.9. The van der Waals surface area contributed by atoms with Crippen molar-refractivity contribution in [3.05, 3.63) is 59.7 Å². The minimum atomic E-state index is 0. The fourth-order valence-electron chi connectivity index (χ4n) is 4.96. The average molecular weight is 576 g/mol. The van der Waals surface area contributed by atoms with Gasteiger partial charge in [-0.1, -0.05) is 116 Å². The van der Waals surface area contributed by atoms with E-state index in [-0.39, 0.29) is 16.5 Å². The molecule has 0 atom stereocenters. The smallest absolute Gasteiger partial charge is 0.0636 e. The summed E-state index contributed by atoms with van der Waals surface area (Å²) in [5.74, 6) is 0. The van der Waals surface area contributed by atoms with E-state index in [9.17, 15) is 0 Å². The molecule has 2 aromatic rings. The number of aryl methyl sites for hydroxylation is 2. The summed E-state index contributed by atoms with van der Waals surface area (Å²) in [5, 5.41) is 0. The van der Waals surface area contributed by atoms with Crippen LogP contribution < -0.4 is 0 Å². The Kier molecular flexibility index (Phi) is 20.8. The maximum absolute atomic E-state index is 5.25. The molecule has 220 valence electrons. The molecule has 0 aliphatic rings. The second-order valence-corrected chi connectivity index (χ2v) is 11.0. The molecule has 0 amide bonds. The first-order valence-electron chi connectivity index (χ1n) is 16.0. The zero-order chi connectivity index (χ0) is 27.3. The van der Waals surface area contributed by atoms with Crippen molar-refractivity contribution >= 4 is 22.8 Å². The Morgan fingerprint density at radius 3 is 1.26 bits per heavy atom. The van der Waals surface area contributed by atoms with Crippen LogP contribution in [0.25, 0.3) is 0 Å². The summed E-state index contributed by atoms with van der Waals surface area (Å²) in [7, 11) is 0. The monoisotopic (exact) mass is 574 g/mol. The van der Waals surface area contributed by atoms with Crippen LogP contribution in [-0.2, 0) is 29.3 Å². The summed E-state index contributed by atoms with van der Waals surface area (Å²) in [6.45, 7) is 9.09. The second-order valence-electron chi connectivity index (χ2n) is 11.0. The first-order valence-corrected chi connectivity index (χ1v) is 16.0. The van der Waals surface area contributed by atoms with Crippen LogP contribution in [0.5, 0.6) is 0 Å². The molecule has 0 saturated carbocycles. The first-order chi connectivity index (χ1) is 18.7. The van der Waals surface area contributed by atoms with E-state index in [4.69, 9.17) is 9.98 Å². The molecule has 0 radical (unpaired) electrons. The molecule has 0 bridgehead atoms. The summed E-state index contributed by atoms with van der Waals surface area (Å²) in [6, 6.07) is 17.9. The number of benzene rings is 2. The minimum absolute atomic E-state index is 0. The predicted molar refractivity (Wildman–Crippen MR) is 171 cm³/mol. The van der Waals surface area contributed by atoms with Crippen molar-refractivity contribution in [2.75, 3.05) is 0 Å². The number of rotatable bonds is 21. The third kappa shape index (κ3) is 15.6. The van der Waals surface area contributed by atoms with Crippen molar-refractivity contribution < 1.29 is 16.5 Å². The zero-order valence-corrected chi connectivity index (χ0v) is 26.5. The zero-order valence-electron chi connectivity index (χ0n) is 25.6. The molecule has 2 rings (SSSR count). The van der Waals surface area contributed by atoms with Gasteiger partial charge in [0.2, 0.25) is 0 Å². The second kappa shape index (κ2) is 23.0. The van der Waals surface area contributed by atoms with E-state index in [0.29, 0.717) is 0 Å². The van der Waals surface area contributed by atoms with Crippen molar-refractivity contribution in [1.29, 1.82) is 0 Å². The number of hydrogen-bond acceptors (Lipinski definition) is 2. The van der Waals surface area contributed by atoms with Gasteiger partial charge >= 0.3 is 0 Å². The van der Waals surface area contributed by atoms with Gasteiger partial charge in [0.1, 0.15) is 0 Å². The van der Waals surface area contributed by atoms with Gasteiger partial charge in [0.15, 0.2) is 0 Å².